The number of aromatic nitrogens is 2. The molecule has 3 N–H and O–H groups in total. The van der Waals surface area contributed by atoms with Crippen LogP contribution in [0.1, 0.15) is 23.2 Å². The van der Waals surface area contributed by atoms with Crippen LogP contribution in [0.4, 0.5) is 5.69 Å². The zero-order valence-corrected chi connectivity index (χ0v) is 14.4. The topological polar surface area (TPSA) is 105 Å². The lowest BCUT2D eigenvalue weighted by molar-refractivity contribution is -0.917. The first-order valence-corrected chi connectivity index (χ1v) is 8.78. The quantitative estimate of drug-likeness (QED) is 0.524. The fourth-order valence-electron chi connectivity index (χ4n) is 3.96. The van der Waals surface area contributed by atoms with E-state index in [-0.39, 0.29) is 27.6 Å². The monoisotopic (exact) mass is 394 g/mol. The van der Waals surface area contributed by atoms with Gasteiger partial charge in [-0.15, -0.1) is 0 Å². The van der Waals surface area contributed by atoms with Crippen molar-refractivity contribution in [3.05, 3.63) is 32.5 Å². The molecule has 9 heteroatoms. The van der Waals surface area contributed by atoms with Crippen LogP contribution < -0.4 is 10.2 Å². The number of nitrogens with zero attached hydrogens (tertiary/aromatic N) is 2. The highest BCUT2D eigenvalue weighted by Gasteiger charge is 2.38. The number of halogens is 1. The highest BCUT2D eigenvalue weighted by Crippen LogP contribution is 2.34. The molecule has 0 radical (unpaired) electrons. The van der Waals surface area contributed by atoms with Gasteiger partial charge in [-0.1, -0.05) is 0 Å². The van der Waals surface area contributed by atoms with Crippen molar-refractivity contribution in [2.24, 2.45) is 5.92 Å². The molecule has 126 valence electrons. The minimum Gasteiger partial charge on any atom is -0.344 e. The van der Waals surface area contributed by atoms with Gasteiger partial charge in [0, 0.05) is 12.8 Å². The standard InChI is InChI=1S/C15H16BrN5O3/c16-10-5-9(12-13(18-7-17-12)14(10)21(23)24)15(22)19-11-6-20-3-1-8(11)2-4-20/h5,7-8,11H,1-4,6H2,(H,17,18)(H,19,22)/p+1/t11-/m1/s1. The van der Waals surface area contributed by atoms with Gasteiger partial charge in [-0.05, 0) is 27.9 Å². The first kappa shape index (κ1) is 15.5. The van der Waals surface area contributed by atoms with E-state index in [1.165, 1.54) is 25.5 Å². The molecule has 8 nitrogen and oxygen atoms in total. The summed E-state index contributed by atoms with van der Waals surface area (Å²) in [5, 5.41) is 14.4. The zero-order valence-electron chi connectivity index (χ0n) is 12.8. The van der Waals surface area contributed by atoms with Gasteiger partial charge >= 0.3 is 5.69 Å². The van der Waals surface area contributed by atoms with E-state index in [0.29, 0.717) is 17.0 Å². The van der Waals surface area contributed by atoms with Crippen molar-refractivity contribution in [3.63, 3.8) is 0 Å². The van der Waals surface area contributed by atoms with Crippen LogP contribution in [-0.2, 0) is 0 Å². The average molecular weight is 395 g/mol. The van der Waals surface area contributed by atoms with E-state index in [1.54, 1.807) is 4.90 Å². The second kappa shape index (κ2) is 5.82. The highest BCUT2D eigenvalue weighted by molar-refractivity contribution is 9.10. The van der Waals surface area contributed by atoms with Gasteiger partial charge < -0.3 is 15.2 Å². The second-order valence-corrected chi connectivity index (χ2v) is 7.36. The molecule has 4 heterocycles. The molecule has 1 aromatic heterocycles. The summed E-state index contributed by atoms with van der Waals surface area (Å²) >= 11 is 3.20. The van der Waals surface area contributed by atoms with Crippen molar-refractivity contribution in [1.82, 2.24) is 15.3 Å². The summed E-state index contributed by atoms with van der Waals surface area (Å²) in [6.07, 6.45) is 3.66. The normalized spacial score (nSPS) is 25.8. The number of carbonyl (C=O) groups is 1. The van der Waals surface area contributed by atoms with Crippen LogP contribution in [-0.4, -0.2) is 46.5 Å². The van der Waals surface area contributed by atoms with E-state index in [2.05, 4.69) is 31.2 Å². The summed E-state index contributed by atoms with van der Waals surface area (Å²) in [6, 6.07) is 1.67. The molecule has 1 amide bonds. The zero-order chi connectivity index (χ0) is 16.8. The number of aromatic amines is 1. The van der Waals surface area contributed by atoms with E-state index < -0.39 is 4.92 Å². The average Bonchev–Trinajstić information content (AvgIpc) is 3.03. The minimum absolute atomic E-state index is 0.130. The van der Waals surface area contributed by atoms with E-state index in [4.69, 9.17) is 0 Å². The number of benzene rings is 1. The van der Waals surface area contributed by atoms with Gasteiger partial charge in [-0.2, -0.15) is 0 Å². The number of fused-ring (bicyclic) bond motifs is 4. The number of quaternary nitrogens is 1. The molecule has 3 saturated heterocycles. The van der Waals surface area contributed by atoms with Gasteiger partial charge in [0.2, 0.25) is 0 Å². The van der Waals surface area contributed by atoms with Crippen LogP contribution in [0.15, 0.2) is 16.9 Å². The second-order valence-electron chi connectivity index (χ2n) is 6.51. The lowest BCUT2D eigenvalue weighted by Gasteiger charge is -2.42. The molecule has 24 heavy (non-hydrogen) atoms. The molecular formula is C15H17BrN5O3+. The van der Waals surface area contributed by atoms with Crippen molar-refractivity contribution in [2.45, 2.75) is 18.9 Å². The number of hydrogen-bond acceptors (Lipinski definition) is 4. The molecule has 5 rings (SSSR count). The molecule has 3 fully saturated rings. The van der Waals surface area contributed by atoms with Gasteiger partial charge in [-0.25, -0.2) is 4.98 Å². The van der Waals surface area contributed by atoms with Crippen LogP contribution >= 0.6 is 15.9 Å². The van der Waals surface area contributed by atoms with Crippen LogP contribution in [0, 0.1) is 16.0 Å². The lowest BCUT2D eigenvalue weighted by Crippen LogP contribution is -3.17. The maximum atomic E-state index is 12.8. The molecule has 3 aliphatic rings. The summed E-state index contributed by atoms with van der Waals surface area (Å²) in [6.45, 7) is 3.33. The number of imidazole rings is 1. The van der Waals surface area contributed by atoms with Crippen molar-refractivity contribution < 1.29 is 14.6 Å². The van der Waals surface area contributed by atoms with E-state index in [0.717, 1.165) is 19.4 Å². The number of carbonyl (C=O) groups excluding carboxylic acids is 1. The smallest absolute Gasteiger partial charge is 0.311 e. The third-order valence-corrected chi connectivity index (χ3v) is 5.79. The van der Waals surface area contributed by atoms with Crippen molar-refractivity contribution >= 4 is 38.6 Å². The van der Waals surface area contributed by atoms with Crippen LogP contribution in [0.25, 0.3) is 11.0 Å². The number of hydrogen-bond donors (Lipinski definition) is 3. The minimum atomic E-state index is -0.494. The molecule has 0 aliphatic carbocycles. The van der Waals surface area contributed by atoms with Gasteiger partial charge in [0.15, 0.2) is 5.52 Å². The molecule has 1 aromatic carbocycles. The third kappa shape index (κ3) is 2.48. The summed E-state index contributed by atoms with van der Waals surface area (Å²) in [7, 11) is 0. The fraction of sp³-hybridized carbons (Fsp3) is 0.467. The summed E-state index contributed by atoms with van der Waals surface area (Å²) < 4.78 is 0.261. The van der Waals surface area contributed by atoms with Crippen LogP contribution in [0.3, 0.4) is 0 Å². The number of piperidine rings is 3. The van der Waals surface area contributed by atoms with Gasteiger partial charge in [-0.3, -0.25) is 14.9 Å². The maximum absolute atomic E-state index is 12.8. The number of amides is 1. The Balaban J connectivity index is 1.67. The first-order chi connectivity index (χ1) is 11.5. The fourth-order valence-corrected chi connectivity index (χ4v) is 4.52. The first-order valence-electron chi connectivity index (χ1n) is 7.99. The van der Waals surface area contributed by atoms with E-state index >= 15 is 0 Å². The summed E-state index contributed by atoms with van der Waals surface area (Å²) in [5.41, 5.74) is 0.844. The molecule has 0 saturated carbocycles. The van der Waals surface area contributed by atoms with Crippen LogP contribution in [0.2, 0.25) is 0 Å². The number of H-pyrrole nitrogens is 1. The van der Waals surface area contributed by atoms with Crippen LogP contribution in [0.5, 0.6) is 0 Å². The van der Waals surface area contributed by atoms with Gasteiger partial charge in [0.25, 0.3) is 5.91 Å². The highest BCUT2D eigenvalue weighted by atomic mass is 79.9. The Hall–Kier alpha value is -2.00. The molecular weight excluding hydrogens is 378 g/mol. The molecule has 1 atom stereocenters. The molecule has 0 unspecified atom stereocenters. The number of nitro groups is 1. The Bertz CT molecular complexity index is 828. The Morgan fingerprint density at radius 3 is 2.83 bits per heavy atom. The number of nitrogens with one attached hydrogen (secondary N) is 3. The maximum Gasteiger partial charge on any atom is 0.311 e. The SMILES string of the molecule is O=C(N[C@@H]1C[NH+]2CCC1CC2)c1cc(Br)c([N+](=O)[O-])c2nc[nH]c12. The van der Waals surface area contributed by atoms with E-state index in [9.17, 15) is 14.9 Å². The Morgan fingerprint density at radius 2 is 2.21 bits per heavy atom. The Morgan fingerprint density at radius 1 is 1.46 bits per heavy atom. The summed E-state index contributed by atoms with van der Waals surface area (Å²) in [5.74, 6) is 0.322. The van der Waals surface area contributed by atoms with Crippen molar-refractivity contribution in [3.8, 4) is 0 Å². The van der Waals surface area contributed by atoms with E-state index in [1.807, 2.05) is 0 Å². The molecule has 2 bridgehead atoms. The lowest BCUT2D eigenvalue weighted by atomic mass is 9.84. The Kier molecular flexibility index (Phi) is 3.76. The van der Waals surface area contributed by atoms with Gasteiger partial charge in [0.1, 0.15) is 0 Å². The predicted molar refractivity (Wildman–Crippen MR) is 90.0 cm³/mol. The predicted octanol–water partition coefficient (Wildman–Crippen LogP) is 0.641. The number of nitro benzene ring substituents is 1. The van der Waals surface area contributed by atoms with Crippen molar-refractivity contribution in [1.29, 1.82) is 0 Å². The Labute approximate surface area is 145 Å². The van der Waals surface area contributed by atoms with Crippen molar-refractivity contribution in [2.75, 3.05) is 19.6 Å². The van der Waals surface area contributed by atoms with Gasteiger partial charge in [0.05, 0.1) is 52.5 Å². The third-order valence-electron chi connectivity index (χ3n) is 5.19. The number of rotatable bonds is 3. The largest absolute Gasteiger partial charge is 0.344 e. The molecule has 3 aliphatic heterocycles. The summed E-state index contributed by atoms with van der Waals surface area (Å²) in [4.78, 5) is 31.9. The molecule has 0 spiro atoms. The molecule has 2 aromatic rings.